The molecule has 0 saturated carbocycles. The van der Waals surface area contributed by atoms with Crippen LogP contribution in [0.15, 0.2) is 51.7 Å². The van der Waals surface area contributed by atoms with Gasteiger partial charge in [0.1, 0.15) is 17.9 Å². The molecule has 0 unspecified atom stereocenters. The number of hydrogen-bond acceptors (Lipinski definition) is 5. The fourth-order valence-electron chi connectivity index (χ4n) is 3.15. The summed E-state index contributed by atoms with van der Waals surface area (Å²) < 4.78 is 51.0. The van der Waals surface area contributed by atoms with E-state index in [1.54, 1.807) is 6.07 Å². The zero-order chi connectivity index (χ0) is 22.1. The molecule has 1 aromatic heterocycles. The Labute approximate surface area is 170 Å². The average Bonchev–Trinajstić information content (AvgIpc) is 2.64. The van der Waals surface area contributed by atoms with Gasteiger partial charge in [0, 0.05) is 17.0 Å². The van der Waals surface area contributed by atoms with Gasteiger partial charge in [-0.25, -0.2) is 9.59 Å². The molecule has 0 amide bonds. The summed E-state index contributed by atoms with van der Waals surface area (Å²) in [4.78, 5) is 24.2. The van der Waals surface area contributed by atoms with Gasteiger partial charge < -0.3 is 13.9 Å². The lowest BCUT2D eigenvalue weighted by atomic mass is 9.95. The molecule has 0 spiro atoms. The van der Waals surface area contributed by atoms with Crippen molar-refractivity contribution in [3.05, 3.63) is 75.1 Å². The first-order valence-electron chi connectivity index (χ1n) is 9.13. The van der Waals surface area contributed by atoms with Gasteiger partial charge >= 0.3 is 18.0 Å². The van der Waals surface area contributed by atoms with Crippen molar-refractivity contribution in [3.63, 3.8) is 0 Å². The van der Waals surface area contributed by atoms with Crippen LogP contribution in [0.5, 0.6) is 5.75 Å². The van der Waals surface area contributed by atoms with Crippen molar-refractivity contribution >= 4 is 16.9 Å². The molecule has 3 aromatic rings. The first-order chi connectivity index (χ1) is 14.0. The predicted octanol–water partition coefficient (Wildman–Crippen LogP) is 5.48. The summed E-state index contributed by atoms with van der Waals surface area (Å²) in [6.07, 6.45) is -4.81. The molecular formula is C22H19F3O5. The highest BCUT2D eigenvalue weighted by atomic mass is 19.4. The van der Waals surface area contributed by atoms with Crippen LogP contribution in [0.3, 0.4) is 0 Å². The van der Waals surface area contributed by atoms with Gasteiger partial charge in [0.05, 0.1) is 5.56 Å². The van der Waals surface area contributed by atoms with E-state index in [-0.39, 0.29) is 18.1 Å². The number of carbonyl (C=O) groups excluding carboxylic acids is 1. The molecule has 30 heavy (non-hydrogen) atoms. The summed E-state index contributed by atoms with van der Waals surface area (Å²) in [6.45, 7) is 5.81. The minimum absolute atomic E-state index is 0.0514. The number of halogens is 3. The van der Waals surface area contributed by atoms with Crippen LogP contribution in [0.2, 0.25) is 0 Å². The van der Waals surface area contributed by atoms with Crippen molar-refractivity contribution in [2.24, 2.45) is 0 Å². The molecule has 0 saturated heterocycles. The van der Waals surface area contributed by atoms with Crippen molar-refractivity contribution in [2.75, 3.05) is 0 Å². The molecule has 0 atom stereocenters. The van der Waals surface area contributed by atoms with Crippen LogP contribution in [-0.2, 0) is 11.3 Å². The Balaban J connectivity index is 1.82. The molecule has 0 aliphatic heterocycles. The van der Waals surface area contributed by atoms with Crippen LogP contribution in [-0.4, -0.2) is 12.3 Å². The van der Waals surface area contributed by atoms with E-state index in [0.717, 1.165) is 23.3 Å². The first kappa shape index (κ1) is 21.4. The summed E-state index contributed by atoms with van der Waals surface area (Å²) in [6, 6.07) is 9.32. The number of alkyl halides is 3. The zero-order valence-corrected chi connectivity index (χ0v) is 16.5. The molecule has 0 bridgehead atoms. The molecule has 8 heteroatoms. The number of benzene rings is 2. The van der Waals surface area contributed by atoms with Crippen molar-refractivity contribution in [2.45, 2.75) is 39.7 Å². The minimum Gasteiger partial charge on any atom is -0.457 e. The van der Waals surface area contributed by atoms with Crippen molar-refractivity contribution in [3.8, 4) is 5.75 Å². The van der Waals surface area contributed by atoms with E-state index in [9.17, 15) is 22.8 Å². The normalized spacial score (nSPS) is 11.7. The second-order valence-corrected chi connectivity index (χ2v) is 7.10. The second kappa shape index (κ2) is 8.22. The van der Waals surface area contributed by atoms with Crippen LogP contribution < -0.4 is 10.4 Å². The fourth-order valence-corrected chi connectivity index (χ4v) is 3.15. The molecule has 1 heterocycles. The topological polar surface area (TPSA) is 65.7 Å². The SMILES string of the molecule is Cc1cc2oc(=O)cc(COC(=O)c3ccc(OC(F)(F)F)cc3)c2cc1C(C)C. The van der Waals surface area contributed by atoms with E-state index in [1.165, 1.54) is 18.2 Å². The predicted molar refractivity (Wildman–Crippen MR) is 104 cm³/mol. The van der Waals surface area contributed by atoms with Crippen LogP contribution in [0.1, 0.15) is 46.8 Å². The molecule has 5 nitrogen and oxygen atoms in total. The summed E-state index contributed by atoms with van der Waals surface area (Å²) in [5, 5.41) is 0.658. The van der Waals surface area contributed by atoms with Crippen LogP contribution in [0.4, 0.5) is 13.2 Å². The zero-order valence-electron chi connectivity index (χ0n) is 16.5. The van der Waals surface area contributed by atoms with Crippen LogP contribution in [0.25, 0.3) is 11.0 Å². The van der Waals surface area contributed by atoms with E-state index in [2.05, 4.69) is 4.74 Å². The van der Waals surface area contributed by atoms with Crippen molar-refractivity contribution in [1.29, 1.82) is 0 Å². The van der Waals surface area contributed by atoms with Crippen LogP contribution in [0, 0.1) is 6.92 Å². The van der Waals surface area contributed by atoms with Gasteiger partial charge in [-0.2, -0.15) is 0 Å². The van der Waals surface area contributed by atoms with E-state index in [4.69, 9.17) is 9.15 Å². The highest BCUT2D eigenvalue weighted by molar-refractivity contribution is 5.90. The molecule has 0 radical (unpaired) electrons. The molecule has 0 N–H and O–H groups in total. The Hall–Kier alpha value is -3.29. The van der Waals surface area contributed by atoms with E-state index >= 15 is 0 Å². The maximum absolute atomic E-state index is 12.3. The summed E-state index contributed by atoms with van der Waals surface area (Å²) in [5.74, 6) is -0.942. The summed E-state index contributed by atoms with van der Waals surface area (Å²) in [5.41, 5.74) is 2.41. The van der Waals surface area contributed by atoms with E-state index in [0.29, 0.717) is 16.5 Å². The number of ether oxygens (including phenoxy) is 2. The van der Waals surface area contributed by atoms with E-state index < -0.39 is 23.7 Å². The largest absolute Gasteiger partial charge is 0.573 e. The Morgan fingerprint density at radius 1 is 1.10 bits per heavy atom. The highest BCUT2D eigenvalue weighted by Crippen LogP contribution is 2.27. The Morgan fingerprint density at radius 3 is 2.37 bits per heavy atom. The molecule has 2 aromatic carbocycles. The standard InChI is InChI=1S/C22H19F3O5/c1-12(2)17-10-18-15(9-20(26)29-19(18)8-13(17)3)11-28-21(27)14-4-6-16(7-5-14)30-22(23,24)25/h4-10,12H,11H2,1-3H3. The molecule has 158 valence electrons. The third-order valence-electron chi connectivity index (χ3n) is 4.52. The quantitative estimate of drug-likeness (QED) is 0.404. The Bertz CT molecular complexity index is 1130. The maximum atomic E-state index is 12.3. The summed E-state index contributed by atoms with van der Waals surface area (Å²) in [7, 11) is 0. The first-order valence-corrected chi connectivity index (χ1v) is 9.13. The third kappa shape index (κ3) is 5.00. The average molecular weight is 420 g/mol. The molecular weight excluding hydrogens is 401 g/mol. The number of aryl methyl sites for hydroxylation is 1. The number of rotatable bonds is 5. The van der Waals surface area contributed by atoms with E-state index in [1.807, 2.05) is 26.8 Å². The maximum Gasteiger partial charge on any atom is 0.573 e. The lowest BCUT2D eigenvalue weighted by molar-refractivity contribution is -0.274. The lowest BCUT2D eigenvalue weighted by Crippen LogP contribution is -2.17. The van der Waals surface area contributed by atoms with Gasteiger partial charge in [-0.05, 0) is 60.4 Å². The monoisotopic (exact) mass is 420 g/mol. The third-order valence-corrected chi connectivity index (χ3v) is 4.52. The molecule has 3 rings (SSSR count). The number of esters is 1. The van der Waals surface area contributed by atoms with Gasteiger partial charge in [0.15, 0.2) is 0 Å². The summed E-state index contributed by atoms with van der Waals surface area (Å²) >= 11 is 0. The van der Waals surface area contributed by atoms with Crippen LogP contribution >= 0.6 is 0 Å². The second-order valence-electron chi connectivity index (χ2n) is 7.10. The lowest BCUT2D eigenvalue weighted by Gasteiger charge is -2.13. The van der Waals surface area contributed by atoms with Gasteiger partial charge in [-0.15, -0.1) is 13.2 Å². The minimum atomic E-state index is -4.81. The molecule has 0 aliphatic rings. The highest BCUT2D eigenvalue weighted by Gasteiger charge is 2.31. The Morgan fingerprint density at radius 2 is 1.77 bits per heavy atom. The smallest absolute Gasteiger partial charge is 0.457 e. The van der Waals surface area contributed by atoms with Gasteiger partial charge in [-0.1, -0.05) is 13.8 Å². The van der Waals surface area contributed by atoms with Crippen molar-refractivity contribution in [1.82, 2.24) is 0 Å². The Kier molecular flexibility index (Phi) is 5.87. The van der Waals surface area contributed by atoms with Gasteiger partial charge in [-0.3, -0.25) is 0 Å². The molecule has 0 aliphatic carbocycles. The molecule has 0 fully saturated rings. The number of hydrogen-bond donors (Lipinski definition) is 0. The number of carbonyl (C=O) groups is 1. The van der Waals surface area contributed by atoms with Gasteiger partial charge in [0.25, 0.3) is 0 Å². The van der Waals surface area contributed by atoms with Crippen molar-refractivity contribution < 1.29 is 31.9 Å². The number of fused-ring (bicyclic) bond motifs is 1. The fraction of sp³-hybridized carbons (Fsp3) is 0.273. The van der Waals surface area contributed by atoms with Gasteiger partial charge in [0.2, 0.25) is 0 Å².